The molecule has 0 aromatic carbocycles. The van der Waals surface area contributed by atoms with Crippen molar-refractivity contribution in [1.29, 1.82) is 0 Å². The van der Waals surface area contributed by atoms with E-state index in [2.05, 4.69) is 13.8 Å². The van der Waals surface area contributed by atoms with E-state index in [4.69, 9.17) is 9.57 Å². The monoisotopic (exact) mass is 582 g/mol. The van der Waals surface area contributed by atoms with E-state index in [1.165, 1.54) is 153 Å². The molecule has 5 heteroatoms. The lowest BCUT2D eigenvalue weighted by atomic mass is 9.91. The van der Waals surface area contributed by atoms with Crippen molar-refractivity contribution < 1.29 is 19.2 Å². The average molecular weight is 582 g/mol. The summed E-state index contributed by atoms with van der Waals surface area (Å²) in [5, 5.41) is 1.26. The number of carbonyl (C=O) groups is 2. The molecule has 0 radical (unpaired) electrons. The number of hydrogen-bond acceptors (Lipinski definition) is 4. The van der Waals surface area contributed by atoms with Gasteiger partial charge in [-0.25, -0.2) is 5.06 Å². The minimum atomic E-state index is -0.0815. The lowest BCUT2D eigenvalue weighted by molar-refractivity contribution is -0.168. The summed E-state index contributed by atoms with van der Waals surface area (Å²) < 4.78 is 5.62. The van der Waals surface area contributed by atoms with Crippen LogP contribution in [-0.2, 0) is 19.2 Å². The summed E-state index contributed by atoms with van der Waals surface area (Å²) in [4.78, 5) is 28.9. The molecule has 0 rings (SSSR count). The highest BCUT2D eigenvalue weighted by atomic mass is 16.7. The van der Waals surface area contributed by atoms with Gasteiger partial charge in [0, 0.05) is 19.9 Å². The molecule has 0 saturated heterocycles. The van der Waals surface area contributed by atoms with Crippen molar-refractivity contribution in [2.75, 3.05) is 20.8 Å². The van der Waals surface area contributed by atoms with Gasteiger partial charge < -0.3 is 4.74 Å². The van der Waals surface area contributed by atoms with Crippen molar-refractivity contribution in [3.05, 3.63) is 0 Å². The van der Waals surface area contributed by atoms with Gasteiger partial charge in [0.25, 0.3) is 0 Å². The predicted octanol–water partition coefficient (Wildman–Crippen LogP) is 11.1. The van der Waals surface area contributed by atoms with E-state index in [0.717, 1.165) is 25.7 Å². The van der Waals surface area contributed by atoms with Gasteiger partial charge in [0.2, 0.25) is 5.91 Å². The van der Waals surface area contributed by atoms with E-state index in [-0.39, 0.29) is 11.9 Å². The van der Waals surface area contributed by atoms with Crippen LogP contribution < -0.4 is 0 Å². The minimum absolute atomic E-state index is 0.0223. The summed E-state index contributed by atoms with van der Waals surface area (Å²) in [6.07, 6.45) is 34.5. The Kier molecular flexibility index (Phi) is 31.0. The second-order valence-corrected chi connectivity index (χ2v) is 12.5. The highest BCUT2D eigenvalue weighted by Gasteiger charge is 2.12. The van der Waals surface area contributed by atoms with Crippen LogP contribution in [0.2, 0.25) is 0 Å². The quantitative estimate of drug-likeness (QED) is 0.0450. The van der Waals surface area contributed by atoms with E-state index in [1.807, 2.05) is 0 Å². The summed E-state index contributed by atoms with van der Waals surface area (Å²) in [5.41, 5.74) is 0. The third kappa shape index (κ3) is 28.8. The zero-order valence-electron chi connectivity index (χ0n) is 28.2. The molecule has 0 aromatic heterocycles. The van der Waals surface area contributed by atoms with Crippen LogP contribution in [0.4, 0.5) is 0 Å². The Morgan fingerprint density at radius 2 is 0.927 bits per heavy atom. The number of ether oxygens (including phenoxy) is 1. The first-order valence-corrected chi connectivity index (χ1v) is 18.0. The Hall–Kier alpha value is -1.10. The Morgan fingerprint density at radius 3 is 1.37 bits per heavy atom. The van der Waals surface area contributed by atoms with Crippen molar-refractivity contribution in [3.63, 3.8) is 0 Å². The molecule has 0 fully saturated rings. The molecule has 244 valence electrons. The van der Waals surface area contributed by atoms with Crippen LogP contribution in [0.1, 0.15) is 194 Å². The van der Waals surface area contributed by atoms with Crippen LogP contribution in [0.25, 0.3) is 0 Å². The van der Waals surface area contributed by atoms with Crippen LogP contribution in [0, 0.1) is 5.92 Å². The van der Waals surface area contributed by atoms with Crippen LogP contribution >= 0.6 is 0 Å². The van der Waals surface area contributed by atoms with E-state index >= 15 is 0 Å². The summed E-state index contributed by atoms with van der Waals surface area (Å²) in [6.45, 7) is 5.13. The summed E-state index contributed by atoms with van der Waals surface area (Å²) in [7, 11) is 3.12. The van der Waals surface area contributed by atoms with E-state index < -0.39 is 0 Å². The number of rotatable bonds is 32. The van der Waals surface area contributed by atoms with Gasteiger partial charge >= 0.3 is 5.97 Å². The zero-order chi connectivity index (χ0) is 30.2. The Bertz CT molecular complexity index is 544. The molecule has 0 unspecified atom stereocenters. The lowest BCUT2D eigenvalue weighted by Crippen LogP contribution is -2.24. The van der Waals surface area contributed by atoms with Gasteiger partial charge in [-0.1, -0.05) is 162 Å². The van der Waals surface area contributed by atoms with Crippen molar-refractivity contribution in [1.82, 2.24) is 5.06 Å². The lowest BCUT2D eigenvalue weighted by Gasteiger charge is -2.17. The van der Waals surface area contributed by atoms with Crippen molar-refractivity contribution in [2.45, 2.75) is 194 Å². The van der Waals surface area contributed by atoms with Gasteiger partial charge in [-0.05, 0) is 25.2 Å². The number of carbonyl (C=O) groups excluding carboxylic acids is 2. The van der Waals surface area contributed by atoms with Gasteiger partial charge in [-0.3, -0.25) is 14.4 Å². The molecular formula is C36H71NO4. The maximum atomic E-state index is 12.2. The third-order valence-corrected chi connectivity index (χ3v) is 8.62. The maximum Gasteiger partial charge on any atom is 0.305 e. The second kappa shape index (κ2) is 31.8. The normalized spacial score (nSPS) is 11.3. The number of nitrogens with zero attached hydrogens (tertiary/aromatic N) is 1. The van der Waals surface area contributed by atoms with Gasteiger partial charge in [-0.2, -0.15) is 0 Å². The van der Waals surface area contributed by atoms with E-state index in [0.29, 0.717) is 25.4 Å². The van der Waals surface area contributed by atoms with Crippen LogP contribution in [0.3, 0.4) is 0 Å². The van der Waals surface area contributed by atoms with E-state index in [9.17, 15) is 9.59 Å². The van der Waals surface area contributed by atoms with Crippen LogP contribution in [0.5, 0.6) is 0 Å². The fourth-order valence-corrected chi connectivity index (χ4v) is 5.67. The molecule has 0 heterocycles. The van der Waals surface area contributed by atoms with Crippen molar-refractivity contribution in [2.24, 2.45) is 5.92 Å². The number of hydrogen-bond donors (Lipinski definition) is 0. The number of amides is 1. The molecular weight excluding hydrogens is 510 g/mol. The molecule has 0 spiro atoms. The topological polar surface area (TPSA) is 55.8 Å². The Balaban J connectivity index is 4.11. The summed E-state index contributed by atoms with van der Waals surface area (Å²) in [5.74, 6) is 0.586. The molecule has 0 aromatic rings. The summed E-state index contributed by atoms with van der Waals surface area (Å²) in [6, 6.07) is 0. The zero-order valence-corrected chi connectivity index (χ0v) is 28.2. The molecule has 0 atom stereocenters. The molecule has 41 heavy (non-hydrogen) atoms. The molecule has 0 N–H and O–H groups in total. The first kappa shape index (κ1) is 39.9. The number of esters is 1. The maximum absolute atomic E-state index is 12.2. The molecule has 0 saturated carbocycles. The molecule has 0 bridgehead atoms. The molecule has 1 amide bonds. The van der Waals surface area contributed by atoms with Crippen LogP contribution in [-0.4, -0.2) is 37.7 Å². The van der Waals surface area contributed by atoms with Gasteiger partial charge in [-0.15, -0.1) is 0 Å². The third-order valence-electron chi connectivity index (χ3n) is 8.62. The number of unbranched alkanes of at least 4 members (excludes halogenated alkanes) is 20. The molecule has 0 aliphatic carbocycles. The Labute approximate surface area is 256 Å². The highest BCUT2D eigenvalue weighted by Crippen LogP contribution is 2.23. The van der Waals surface area contributed by atoms with Crippen molar-refractivity contribution >= 4 is 11.9 Å². The SMILES string of the molecule is CCCCCCCCCCCCC(CCCCCCCCCCCC)CCOC(=O)CCCCCC(=O)N(C)OC. The first-order valence-electron chi connectivity index (χ1n) is 18.0. The minimum Gasteiger partial charge on any atom is -0.466 e. The smallest absolute Gasteiger partial charge is 0.305 e. The molecule has 0 aliphatic heterocycles. The number of hydroxylamine groups is 2. The standard InChI is InChI=1S/C36H71NO4/c1-5-7-9-11-13-15-17-19-21-24-28-34(29-25-22-20-18-16-14-12-10-8-6-2)32-33-41-36(39)31-27-23-26-30-35(38)37(3)40-4/h34H,5-33H2,1-4H3. The second-order valence-electron chi connectivity index (χ2n) is 12.5. The average Bonchev–Trinajstić information content (AvgIpc) is 2.97. The van der Waals surface area contributed by atoms with Crippen molar-refractivity contribution in [3.8, 4) is 0 Å². The Morgan fingerprint density at radius 1 is 0.537 bits per heavy atom. The first-order chi connectivity index (χ1) is 20.0. The fraction of sp³-hybridized carbons (Fsp3) is 0.944. The largest absolute Gasteiger partial charge is 0.466 e. The van der Waals surface area contributed by atoms with Crippen LogP contribution in [0.15, 0.2) is 0 Å². The van der Waals surface area contributed by atoms with Gasteiger partial charge in [0.1, 0.15) is 0 Å². The fourth-order valence-electron chi connectivity index (χ4n) is 5.67. The van der Waals surface area contributed by atoms with Gasteiger partial charge in [0.15, 0.2) is 0 Å². The summed E-state index contributed by atoms with van der Waals surface area (Å²) >= 11 is 0. The molecule has 5 nitrogen and oxygen atoms in total. The molecule has 0 aliphatic rings. The highest BCUT2D eigenvalue weighted by molar-refractivity contribution is 5.74. The van der Waals surface area contributed by atoms with E-state index in [1.54, 1.807) is 7.05 Å². The predicted molar refractivity (Wildman–Crippen MR) is 175 cm³/mol. The van der Waals surface area contributed by atoms with Gasteiger partial charge in [0.05, 0.1) is 13.7 Å².